The molecule has 4 aromatic rings. The molecule has 2 N–H and O–H groups in total. The van der Waals surface area contributed by atoms with Gasteiger partial charge in [0.1, 0.15) is 6.54 Å². The zero-order chi connectivity index (χ0) is 28.5. The summed E-state index contributed by atoms with van der Waals surface area (Å²) in [4.78, 5) is 33.1. The molecule has 0 fully saturated rings. The van der Waals surface area contributed by atoms with Gasteiger partial charge in [-0.15, -0.1) is 0 Å². The number of fused-ring (bicyclic) bond motifs is 1. The molecule has 0 aliphatic rings. The van der Waals surface area contributed by atoms with Crippen molar-refractivity contribution in [2.45, 2.75) is 38.9 Å². The molecule has 0 unspecified atom stereocenters. The lowest BCUT2D eigenvalue weighted by Gasteiger charge is -2.28. The van der Waals surface area contributed by atoms with E-state index in [0.717, 1.165) is 34.5 Å². The molecule has 0 atom stereocenters. The molecule has 210 valence electrons. The topological polar surface area (TPSA) is 68.4 Å². The molecule has 40 heavy (non-hydrogen) atoms. The third-order valence-electron chi connectivity index (χ3n) is 6.76. The first-order chi connectivity index (χ1) is 19.3. The van der Waals surface area contributed by atoms with Gasteiger partial charge >= 0.3 is 12.2 Å². The summed E-state index contributed by atoms with van der Waals surface area (Å²) in [6, 6.07) is 21.6. The van der Waals surface area contributed by atoms with Crippen molar-refractivity contribution >= 4 is 28.5 Å². The lowest BCUT2D eigenvalue weighted by molar-refractivity contribution is -0.137. The Bertz CT molecular complexity index is 1420. The smallest absolute Gasteiger partial charge is 0.361 e. The van der Waals surface area contributed by atoms with Crippen LogP contribution < -0.4 is 5.32 Å². The van der Waals surface area contributed by atoms with Gasteiger partial charge in [0.15, 0.2) is 0 Å². The Hall–Kier alpha value is -4.27. The van der Waals surface area contributed by atoms with Crippen LogP contribution in [0.3, 0.4) is 0 Å². The van der Waals surface area contributed by atoms with Crippen LogP contribution in [0.15, 0.2) is 85.1 Å². The Morgan fingerprint density at radius 1 is 0.875 bits per heavy atom. The van der Waals surface area contributed by atoms with Gasteiger partial charge in [0.25, 0.3) is 0 Å². The second-order valence-corrected chi connectivity index (χ2v) is 9.66. The van der Waals surface area contributed by atoms with E-state index < -0.39 is 17.8 Å². The highest BCUT2D eigenvalue weighted by molar-refractivity contribution is 5.93. The Morgan fingerprint density at radius 2 is 1.57 bits per heavy atom. The highest BCUT2D eigenvalue weighted by Crippen LogP contribution is 2.34. The molecule has 6 nitrogen and oxygen atoms in total. The molecule has 4 rings (SSSR count). The number of nitrogens with one attached hydrogen (secondary N) is 2. The minimum atomic E-state index is -4.62. The van der Waals surface area contributed by atoms with Crippen molar-refractivity contribution in [3.63, 3.8) is 0 Å². The van der Waals surface area contributed by atoms with Crippen LogP contribution in [0.2, 0.25) is 0 Å². The molecule has 0 bridgehead atoms. The van der Waals surface area contributed by atoms with E-state index >= 15 is 0 Å². The Morgan fingerprint density at radius 3 is 2.33 bits per heavy atom. The molecule has 1 aromatic heterocycles. The fourth-order valence-corrected chi connectivity index (χ4v) is 4.59. The number of halogens is 3. The van der Waals surface area contributed by atoms with Crippen molar-refractivity contribution in [1.29, 1.82) is 0 Å². The van der Waals surface area contributed by atoms with E-state index in [2.05, 4.69) is 10.3 Å². The van der Waals surface area contributed by atoms with Crippen LogP contribution in [0, 0.1) is 0 Å². The van der Waals surface area contributed by atoms with Gasteiger partial charge in [0, 0.05) is 36.7 Å². The van der Waals surface area contributed by atoms with Gasteiger partial charge in [0.2, 0.25) is 5.91 Å². The number of alkyl halides is 3. The average Bonchev–Trinajstić information content (AvgIpc) is 3.36. The zero-order valence-corrected chi connectivity index (χ0v) is 22.4. The quantitative estimate of drug-likeness (QED) is 0.209. The second kappa shape index (κ2) is 13.2. The van der Waals surface area contributed by atoms with Crippen LogP contribution in [-0.4, -0.2) is 46.4 Å². The third-order valence-corrected chi connectivity index (χ3v) is 6.76. The number of carbonyl (C=O) groups is 2. The summed E-state index contributed by atoms with van der Waals surface area (Å²) in [6.07, 6.45) is -0.721. The van der Waals surface area contributed by atoms with Crippen LogP contribution in [-0.2, 0) is 23.9 Å². The predicted molar refractivity (Wildman–Crippen MR) is 151 cm³/mol. The summed E-state index contributed by atoms with van der Waals surface area (Å²) < 4.78 is 40.5. The van der Waals surface area contributed by atoms with Gasteiger partial charge < -0.3 is 20.1 Å². The number of anilines is 1. The van der Waals surface area contributed by atoms with Gasteiger partial charge in [0.05, 0.1) is 11.3 Å². The van der Waals surface area contributed by atoms with Gasteiger partial charge in [-0.2, -0.15) is 13.2 Å². The molecule has 0 saturated heterocycles. The van der Waals surface area contributed by atoms with Crippen molar-refractivity contribution in [2.75, 3.05) is 25.0 Å². The zero-order valence-electron chi connectivity index (χ0n) is 22.4. The van der Waals surface area contributed by atoms with Gasteiger partial charge in [-0.25, -0.2) is 4.79 Å². The summed E-state index contributed by atoms with van der Waals surface area (Å²) in [5.41, 5.74) is 1.76. The van der Waals surface area contributed by atoms with Crippen molar-refractivity contribution in [2.24, 2.45) is 0 Å². The monoisotopic (exact) mass is 550 g/mol. The number of carbonyl (C=O) groups excluding carboxylic acids is 2. The largest absolute Gasteiger partial charge is 0.418 e. The molecular formula is C31H33F3N4O2. The lowest BCUT2D eigenvalue weighted by Crippen LogP contribution is -2.45. The Balaban J connectivity index is 1.52. The number of nitrogens with zero attached hydrogens (tertiary/aromatic N) is 2. The van der Waals surface area contributed by atoms with E-state index in [4.69, 9.17) is 0 Å². The number of para-hydroxylation sites is 2. The Labute approximate surface area is 231 Å². The normalized spacial score (nSPS) is 11.4. The highest BCUT2D eigenvalue weighted by atomic mass is 19.4. The number of urea groups is 1. The number of amides is 3. The number of hydrogen-bond donors (Lipinski definition) is 2. The summed E-state index contributed by atoms with van der Waals surface area (Å²) in [7, 11) is 0. The lowest BCUT2D eigenvalue weighted by atomic mass is 10.1. The summed E-state index contributed by atoms with van der Waals surface area (Å²) in [5.74, 6) is -0.279. The summed E-state index contributed by atoms with van der Waals surface area (Å²) in [6.45, 7) is 2.70. The molecule has 9 heteroatoms. The van der Waals surface area contributed by atoms with E-state index in [0.29, 0.717) is 25.9 Å². The maximum Gasteiger partial charge on any atom is 0.418 e. The van der Waals surface area contributed by atoms with E-state index in [1.165, 1.54) is 23.1 Å². The molecule has 0 saturated carbocycles. The second-order valence-electron chi connectivity index (χ2n) is 9.66. The number of rotatable bonds is 11. The summed E-state index contributed by atoms with van der Waals surface area (Å²) >= 11 is 0. The van der Waals surface area contributed by atoms with Crippen molar-refractivity contribution in [3.8, 4) is 0 Å². The molecule has 1 heterocycles. The molecule has 0 aliphatic heterocycles. The van der Waals surface area contributed by atoms with Crippen LogP contribution in [0.4, 0.5) is 23.7 Å². The number of unbranched alkanes of at least 4 members (excludes halogenated alkanes) is 1. The first-order valence-electron chi connectivity index (χ1n) is 13.3. The molecule has 0 spiro atoms. The molecular weight excluding hydrogens is 517 g/mol. The molecule has 0 radical (unpaired) electrons. The average molecular weight is 551 g/mol. The van der Waals surface area contributed by atoms with E-state index in [-0.39, 0.29) is 24.7 Å². The number of hydrogen-bond acceptors (Lipinski definition) is 2. The maximum atomic E-state index is 13.6. The van der Waals surface area contributed by atoms with Gasteiger partial charge in [-0.1, -0.05) is 74.0 Å². The van der Waals surface area contributed by atoms with Crippen LogP contribution in [0.1, 0.15) is 36.5 Å². The van der Waals surface area contributed by atoms with E-state index in [1.807, 2.05) is 67.7 Å². The fourth-order valence-electron chi connectivity index (χ4n) is 4.59. The number of benzene rings is 3. The minimum absolute atomic E-state index is 0.240. The fraction of sp³-hybridized carbons (Fsp3) is 0.290. The van der Waals surface area contributed by atoms with Crippen molar-refractivity contribution in [3.05, 3.63) is 102 Å². The number of H-pyrrole nitrogens is 1. The minimum Gasteiger partial charge on any atom is -0.361 e. The number of aromatic amines is 1. The van der Waals surface area contributed by atoms with Gasteiger partial charge in [-0.3, -0.25) is 4.79 Å². The molecule has 3 amide bonds. The van der Waals surface area contributed by atoms with Crippen molar-refractivity contribution < 1.29 is 22.8 Å². The predicted octanol–water partition coefficient (Wildman–Crippen LogP) is 7.09. The molecule has 0 aliphatic carbocycles. The van der Waals surface area contributed by atoms with Crippen molar-refractivity contribution in [1.82, 2.24) is 14.8 Å². The highest BCUT2D eigenvalue weighted by Gasteiger charge is 2.34. The Kier molecular flexibility index (Phi) is 9.47. The first-order valence-corrected chi connectivity index (χ1v) is 13.3. The van der Waals surface area contributed by atoms with Crippen LogP contribution in [0.25, 0.3) is 10.9 Å². The number of aromatic nitrogens is 1. The van der Waals surface area contributed by atoms with Gasteiger partial charge in [-0.05, 0) is 42.2 Å². The van der Waals surface area contributed by atoms with E-state index in [9.17, 15) is 22.8 Å². The summed E-state index contributed by atoms with van der Waals surface area (Å²) in [5, 5.41) is 3.47. The van der Waals surface area contributed by atoms with Crippen LogP contribution in [0.5, 0.6) is 0 Å². The standard InChI is InChI=1S/C31H33F3N4O2/c1-2-3-18-38(30(40)36-28-16-10-8-14-26(28)31(32,33)34)22-29(39)37(21-23-11-5-4-6-12-23)19-17-24-20-35-27-15-9-7-13-25(24)27/h4-16,20,35H,2-3,17-19,21-22H2,1H3,(H,36,40). The van der Waals surface area contributed by atoms with Crippen LogP contribution >= 0.6 is 0 Å². The third kappa shape index (κ3) is 7.43. The molecule has 3 aromatic carbocycles. The SMILES string of the molecule is CCCCN(CC(=O)N(CCc1c[nH]c2ccccc12)Cc1ccccc1)C(=O)Nc1ccccc1C(F)(F)F. The van der Waals surface area contributed by atoms with E-state index in [1.54, 1.807) is 4.90 Å². The maximum absolute atomic E-state index is 13.6. The first kappa shape index (κ1) is 28.7.